The van der Waals surface area contributed by atoms with E-state index in [1.54, 1.807) is 13.3 Å². The van der Waals surface area contributed by atoms with Crippen LogP contribution >= 0.6 is 15.9 Å². The van der Waals surface area contributed by atoms with Gasteiger partial charge in [0.1, 0.15) is 5.75 Å². The monoisotopic (exact) mass is 344 g/mol. The fraction of sp³-hybridized carbons (Fsp3) is 0.125. The van der Waals surface area contributed by atoms with E-state index in [0.29, 0.717) is 11.9 Å². The van der Waals surface area contributed by atoms with Gasteiger partial charge in [-0.3, -0.25) is 4.79 Å². The Labute approximate surface area is 130 Å². The van der Waals surface area contributed by atoms with E-state index in [2.05, 4.69) is 21.0 Å². The van der Waals surface area contributed by atoms with E-state index in [-0.39, 0.29) is 5.56 Å². The predicted octanol–water partition coefficient (Wildman–Crippen LogP) is 3.22. The minimum atomic E-state index is -0.0946. The summed E-state index contributed by atoms with van der Waals surface area (Å²) in [6.45, 7) is 0.390. The molecule has 4 nitrogen and oxygen atoms in total. The molecule has 0 saturated carbocycles. The van der Waals surface area contributed by atoms with Crippen molar-refractivity contribution in [2.45, 2.75) is 6.54 Å². The van der Waals surface area contributed by atoms with Crippen molar-refractivity contribution in [3.05, 3.63) is 69.1 Å². The Morgan fingerprint density at radius 1 is 1.24 bits per heavy atom. The molecule has 0 spiro atoms. The maximum Gasteiger partial charge on any atom is 0.274 e. The number of ether oxygens (including phenoxy) is 1. The number of rotatable bonds is 3. The quantitative estimate of drug-likeness (QED) is 0.732. The van der Waals surface area contributed by atoms with Crippen LogP contribution in [-0.4, -0.2) is 16.9 Å². The smallest absolute Gasteiger partial charge is 0.274 e. The summed E-state index contributed by atoms with van der Waals surface area (Å²) >= 11 is 3.49. The Balaban J connectivity index is 2.06. The number of hydrogen-bond acceptors (Lipinski definition) is 3. The van der Waals surface area contributed by atoms with Crippen LogP contribution in [0.3, 0.4) is 0 Å². The van der Waals surface area contributed by atoms with Gasteiger partial charge in [0.25, 0.3) is 5.56 Å². The van der Waals surface area contributed by atoms with Crippen LogP contribution in [-0.2, 0) is 6.54 Å². The zero-order valence-corrected chi connectivity index (χ0v) is 13.0. The van der Waals surface area contributed by atoms with Gasteiger partial charge in [-0.2, -0.15) is 5.10 Å². The van der Waals surface area contributed by atoms with Crippen molar-refractivity contribution in [2.24, 2.45) is 0 Å². The standard InChI is InChI=1S/C16H13BrN2O2/c1-21-13-6-7-15(17)12(8-13)10-19-16(20)14-5-3-2-4-11(14)9-18-19/h2-9H,10H2,1H3. The first kappa shape index (κ1) is 13.8. The number of aromatic nitrogens is 2. The Morgan fingerprint density at radius 3 is 2.86 bits per heavy atom. The Hall–Kier alpha value is -2.14. The second kappa shape index (κ2) is 5.69. The average Bonchev–Trinajstić information content (AvgIpc) is 2.52. The zero-order valence-electron chi connectivity index (χ0n) is 11.4. The molecule has 1 aromatic heterocycles. The third kappa shape index (κ3) is 2.69. The van der Waals surface area contributed by atoms with E-state index in [1.807, 2.05) is 42.5 Å². The van der Waals surface area contributed by atoms with Crippen molar-refractivity contribution in [1.29, 1.82) is 0 Å². The van der Waals surface area contributed by atoms with Gasteiger partial charge >= 0.3 is 0 Å². The summed E-state index contributed by atoms with van der Waals surface area (Å²) in [5.74, 6) is 0.752. The largest absolute Gasteiger partial charge is 0.497 e. The number of nitrogens with zero attached hydrogens (tertiary/aromatic N) is 2. The van der Waals surface area contributed by atoms with Crippen molar-refractivity contribution < 1.29 is 4.74 Å². The van der Waals surface area contributed by atoms with Gasteiger partial charge in [-0.15, -0.1) is 0 Å². The van der Waals surface area contributed by atoms with Crippen molar-refractivity contribution in [2.75, 3.05) is 7.11 Å². The van der Waals surface area contributed by atoms with E-state index < -0.39 is 0 Å². The third-order valence-electron chi connectivity index (χ3n) is 3.33. The highest BCUT2D eigenvalue weighted by Gasteiger charge is 2.07. The summed E-state index contributed by atoms with van der Waals surface area (Å²) in [7, 11) is 1.62. The minimum absolute atomic E-state index is 0.0946. The van der Waals surface area contributed by atoms with E-state index in [4.69, 9.17) is 4.74 Å². The van der Waals surface area contributed by atoms with Gasteiger partial charge in [-0.1, -0.05) is 34.1 Å². The fourth-order valence-electron chi connectivity index (χ4n) is 2.20. The molecule has 0 radical (unpaired) electrons. The van der Waals surface area contributed by atoms with Crippen LogP contribution < -0.4 is 10.3 Å². The topological polar surface area (TPSA) is 44.1 Å². The molecule has 0 N–H and O–H groups in total. The van der Waals surface area contributed by atoms with Crippen molar-refractivity contribution in [3.63, 3.8) is 0 Å². The molecule has 0 aliphatic carbocycles. The van der Waals surface area contributed by atoms with Gasteiger partial charge in [0.15, 0.2) is 0 Å². The molecule has 0 saturated heterocycles. The van der Waals surface area contributed by atoms with E-state index in [1.165, 1.54) is 4.68 Å². The molecule has 0 bridgehead atoms. The molecule has 0 aliphatic rings. The molecule has 0 atom stereocenters. The van der Waals surface area contributed by atoms with Crippen molar-refractivity contribution in [1.82, 2.24) is 9.78 Å². The number of methoxy groups -OCH3 is 1. The number of benzene rings is 2. The maximum atomic E-state index is 12.5. The van der Waals surface area contributed by atoms with Gasteiger partial charge < -0.3 is 4.74 Å². The first-order chi connectivity index (χ1) is 10.2. The van der Waals surface area contributed by atoms with Crippen LogP contribution in [0.5, 0.6) is 5.75 Å². The molecule has 106 valence electrons. The summed E-state index contributed by atoms with van der Waals surface area (Å²) in [5.41, 5.74) is 0.849. The molecule has 3 aromatic rings. The molecule has 0 fully saturated rings. The van der Waals surface area contributed by atoms with Crippen LogP contribution in [0.25, 0.3) is 10.8 Å². The molecule has 0 unspecified atom stereocenters. The van der Waals surface area contributed by atoms with Gasteiger partial charge in [0, 0.05) is 9.86 Å². The molecule has 0 aliphatic heterocycles. The number of fused-ring (bicyclic) bond motifs is 1. The van der Waals surface area contributed by atoms with Crippen LogP contribution in [0.4, 0.5) is 0 Å². The van der Waals surface area contributed by atoms with Gasteiger partial charge in [-0.25, -0.2) is 4.68 Å². The Morgan fingerprint density at radius 2 is 2.05 bits per heavy atom. The number of hydrogen-bond donors (Lipinski definition) is 0. The molecule has 1 heterocycles. The summed E-state index contributed by atoms with van der Waals surface area (Å²) in [5, 5.41) is 5.76. The first-order valence-corrected chi connectivity index (χ1v) is 7.25. The lowest BCUT2D eigenvalue weighted by Crippen LogP contribution is -2.23. The second-order valence-corrected chi connectivity index (χ2v) is 5.51. The second-order valence-electron chi connectivity index (χ2n) is 4.65. The Bertz CT molecular complexity index is 858. The summed E-state index contributed by atoms with van der Waals surface area (Å²) < 4.78 is 7.60. The lowest BCUT2D eigenvalue weighted by Gasteiger charge is -2.09. The molecule has 0 amide bonds. The van der Waals surface area contributed by atoms with Crippen molar-refractivity contribution in [3.8, 4) is 5.75 Å². The van der Waals surface area contributed by atoms with Crippen LogP contribution in [0.2, 0.25) is 0 Å². The summed E-state index contributed by atoms with van der Waals surface area (Å²) in [6.07, 6.45) is 1.71. The SMILES string of the molecule is COc1ccc(Br)c(Cn2ncc3ccccc3c2=O)c1. The Kier molecular flexibility index (Phi) is 3.75. The third-order valence-corrected chi connectivity index (χ3v) is 4.11. The lowest BCUT2D eigenvalue weighted by atomic mass is 10.2. The molecular weight excluding hydrogens is 332 g/mol. The van der Waals surface area contributed by atoms with Gasteiger partial charge in [0.05, 0.1) is 25.2 Å². The fourth-order valence-corrected chi connectivity index (χ4v) is 2.57. The maximum absolute atomic E-state index is 12.5. The lowest BCUT2D eigenvalue weighted by molar-refractivity contribution is 0.414. The van der Waals surface area contributed by atoms with Crippen molar-refractivity contribution >= 4 is 26.7 Å². The van der Waals surface area contributed by atoms with Crippen LogP contribution in [0, 0.1) is 0 Å². The molecule has 2 aromatic carbocycles. The highest BCUT2D eigenvalue weighted by molar-refractivity contribution is 9.10. The number of halogens is 1. The van der Waals surface area contributed by atoms with Gasteiger partial charge in [0.2, 0.25) is 0 Å². The van der Waals surface area contributed by atoms with Crippen LogP contribution in [0.1, 0.15) is 5.56 Å². The predicted molar refractivity (Wildman–Crippen MR) is 85.8 cm³/mol. The van der Waals surface area contributed by atoms with E-state index >= 15 is 0 Å². The van der Waals surface area contributed by atoms with Gasteiger partial charge in [-0.05, 0) is 29.8 Å². The molecule has 3 rings (SSSR count). The average molecular weight is 345 g/mol. The molecule has 5 heteroatoms. The summed E-state index contributed by atoms with van der Waals surface area (Å²) in [4.78, 5) is 12.5. The summed E-state index contributed by atoms with van der Waals surface area (Å²) in [6, 6.07) is 13.1. The highest BCUT2D eigenvalue weighted by atomic mass is 79.9. The first-order valence-electron chi connectivity index (χ1n) is 6.46. The minimum Gasteiger partial charge on any atom is -0.497 e. The van der Waals surface area contributed by atoms with Crippen LogP contribution in [0.15, 0.2) is 57.9 Å². The zero-order chi connectivity index (χ0) is 14.8. The normalized spacial score (nSPS) is 10.8. The van der Waals surface area contributed by atoms with E-state index in [9.17, 15) is 4.79 Å². The van der Waals surface area contributed by atoms with E-state index in [0.717, 1.165) is 21.2 Å². The highest BCUT2D eigenvalue weighted by Crippen LogP contribution is 2.23. The molecule has 21 heavy (non-hydrogen) atoms. The molecular formula is C16H13BrN2O2.